The summed E-state index contributed by atoms with van der Waals surface area (Å²) in [5.74, 6) is -0.197. The highest BCUT2D eigenvalue weighted by Crippen LogP contribution is 2.30. The van der Waals surface area contributed by atoms with Crippen molar-refractivity contribution in [3.05, 3.63) is 20.3 Å². The maximum atomic E-state index is 11.8. The fourth-order valence-corrected chi connectivity index (χ4v) is 3.42. The lowest BCUT2D eigenvalue weighted by Crippen LogP contribution is -2.25. The molecular formula is C13H17Cl2NO3S. The largest absolute Gasteiger partial charge is 0.379 e. The summed E-state index contributed by atoms with van der Waals surface area (Å²) in [4.78, 5) is 11.8. The minimum absolute atomic E-state index is 0.197. The van der Waals surface area contributed by atoms with Gasteiger partial charge in [-0.2, -0.15) is 0 Å². The summed E-state index contributed by atoms with van der Waals surface area (Å²) in [5, 5.41) is 2.79. The highest BCUT2D eigenvalue weighted by Gasteiger charge is 2.15. The van der Waals surface area contributed by atoms with Crippen molar-refractivity contribution in [3.8, 4) is 0 Å². The molecule has 2 rings (SSSR count). The first-order valence-electron chi connectivity index (χ1n) is 6.59. The van der Waals surface area contributed by atoms with Crippen LogP contribution in [0.3, 0.4) is 0 Å². The molecule has 20 heavy (non-hydrogen) atoms. The Bertz CT molecular complexity index is 447. The van der Waals surface area contributed by atoms with E-state index in [1.807, 2.05) is 0 Å². The molecule has 0 aromatic carbocycles. The number of nitrogens with one attached hydrogen (secondary N) is 1. The predicted molar refractivity (Wildman–Crippen MR) is 81.1 cm³/mol. The van der Waals surface area contributed by atoms with Crippen molar-refractivity contribution >= 4 is 40.4 Å². The number of hydrogen-bond donors (Lipinski definition) is 1. The molecule has 2 heterocycles. The summed E-state index contributed by atoms with van der Waals surface area (Å²) in [6.07, 6.45) is 3.20. The fourth-order valence-electron chi connectivity index (χ4n) is 1.96. The molecule has 0 saturated carbocycles. The summed E-state index contributed by atoms with van der Waals surface area (Å²) >= 11 is 12.9. The van der Waals surface area contributed by atoms with Crippen molar-refractivity contribution in [2.75, 3.05) is 26.4 Å². The maximum Gasteiger partial charge on any atom is 0.253 e. The lowest BCUT2D eigenvalue weighted by Gasteiger charge is -2.10. The van der Waals surface area contributed by atoms with Gasteiger partial charge in [0.25, 0.3) is 5.91 Å². The zero-order valence-corrected chi connectivity index (χ0v) is 13.3. The quantitative estimate of drug-likeness (QED) is 0.776. The molecule has 1 N–H and O–H groups in total. The van der Waals surface area contributed by atoms with Crippen LogP contribution in [0.4, 0.5) is 0 Å². The van der Waals surface area contributed by atoms with Gasteiger partial charge < -0.3 is 14.8 Å². The molecule has 112 valence electrons. The van der Waals surface area contributed by atoms with E-state index < -0.39 is 0 Å². The van der Waals surface area contributed by atoms with Crippen molar-refractivity contribution in [2.24, 2.45) is 0 Å². The molecule has 1 fully saturated rings. The van der Waals surface area contributed by atoms with Crippen LogP contribution in [-0.4, -0.2) is 38.4 Å². The normalized spacial score (nSPS) is 18.4. The zero-order valence-electron chi connectivity index (χ0n) is 11.0. The van der Waals surface area contributed by atoms with Gasteiger partial charge in [0.15, 0.2) is 0 Å². The molecule has 1 amide bonds. The average molecular weight is 338 g/mol. The molecule has 0 spiro atoms. The lowest BCUT2D eigenvalue weighted by atomic mass is 10.2. The van der Waals surface area contributed by atoms with Gasteiger partial charge in [-0.25, -0.2) is 0 Å². The molecule has 1 aromatic rings. The van der Waals surface area contributed by atoms with Crippen LogP contribution in [0.1, 0.15) is 29.6 Å². The van der Waals surface area contributed by atoms with E-state index in [1.165, 1.54) is 11.3 Å². The van der Waals surface area contributed by atoms with Gasteiger partial charge in [0, 0.05) is 19.8 Å². The SMILES string of the molecule is O=C(NCCCOCC1CCCO1)c1cc(Cl)sc1Cl. The van der Waals surface area contributed by atoms with E-state index in [2.05, 4.69) is 5.32 Å². The lowest BCUT2D eigenvalue weighted by molar-refractivity contribution is 0.0166. The second-order valence-corrected chi connectivity index (χ2v) is 6.84. The van der Waals surface area contributed by atoms with Crippen molar-refractivity contribution < 1.29 is 14.3 Å². The highest BCUT2D eigenvalue weighted by molar-refractivity contribution is 7.20. The third-order valence-corrected chi connectivity index (χ3v) is 4.47. The molecule has 1 unspecified atom stereocenters. The Labute approximate surface area is 132 Å². The molecule has 4 nitrogen and oxygen atoms in total. The molecule has 1 aromatic heterocycles. The van der Waals surface area contributed by atoms with E-state index in [4.69, 9.17) is 32.7 Å². The van der Waals surface area contributed by atoms with Gasteiger partial charge >= 0.3 is 0 Å². The van der Waals surface area contributed by atoms with Crippen LogP contribution >= 0.6 is 34.5 Å². The Hall–Kier alpha value is -0.330. The highest BCUT2D eigenvalue weighted by atomic mass is 35.5. The van der Waals surface area contributed by atoms with E-state index in [-0.39, 0.29) is 12.0 Å². The average Bonchev–Trinajstić information content (AvgIpc) is 3.03. The number of hydrogen-bond acceptors (Lipinski definition) is 4. The predicted octanol–water partition coefficient (Wildman–Crippen LogP) is 3.37. The van der Waals surface area contributed by atoms with E-state index >= 15 is 0 Å². The summed E-state index contributed by atoms with van der Waals surface area (Å²) < 4.78 is 11.9. The summed E-state index contributed by atoms with van der Waals surface area (Å²) in [6.45, 7) is 2.64. The van der Waals surface area contributed by atoms with Gasteiger partial charge in [0.1, 0.15) is 4.34 Å². The van der Waals surface area contributed by atoms with Crippen LogP contribution in [0.2, 0.25) is 8.67 Å². The number of carbonyl (C=O) groups excluding carboxylic acids is 1. The molecule has 0 radical (unpaired) electrons. The first-order valence-corrected chi connectivity index (χ1v) is 8.16. The third-order valence-electron chi connectivity index (χ3n) is 2.98. The Morgan fingerprint density at radius 1 is 1.55 bits per heavy atom. The molecular weight excluding hydrogens is 321 g/mol. The number of halogens is 2. The van der Waals surface area contributed by atoms with Gasteiger partial charge in [-0.15, -0.1) is 11.3 Å². The minimum atomic E-state index is -0.197. The van der Waals surface area contributed by atoms with E-state index in [9.17, 15) is 4.79 Å². The number of rotatable bonds is 7. The van der Waals surface area contributed by atoms with E-state index in [0.717, 1.165) is 25.9 Å². The number of carbonyl (C=O) groups is 1. The Morgan fingerprint density at radius 2 is 2.40 bits per heavy atom. The monoisotopic (exact) mass is 337 g/mol. The topological polar surface area (TPSA) is 47.6 Å². The van der Waals surface area contributed by atoms with Gasteiger partial charge in [-0.3, -0.25) is 4.79 Å². The number of amides is 1. The molecule has 0 bridgehead atoms. The summed E-state index contributed by atoms with van der Waals surface area (Å²) in [6, 6.07) is 1.58. The van der Waals surface area contributed by atoms with Crippen LogP contribution < -0.4 is 5.32 Å². The minimum Gasteiger partial charge on any atom is -0.379 e. The van der Waals surface area contributed by atoms with Crippen molar-refractivity contribution in [2.45, 2.75) is 25.4 Å². The van der Waals surface area contributed by atoms with Crippen LogP contribution in [0.15, 0.2) is 6.07 Å². The van der Waals surface area contributed by atoms with Gasteiger partial charge in [-0.1, -0.05) is 23.2 Å². The first kappa shape index (κ1) is 16.0. The molecule has 1 aliphatic rings. The van der Waals surface area contributed by atoms with Crippen LogP contribution in [0, 0.1) is 0 Å². The fraction of sp³-hybridized carbons (Fsp3) is 0.615. The molecule has 7 heteroatoms. The Morgan fingerprint density at radius 3 is 3.05 bits per heavy atom. The smallest absolute Gasteiger partial charge is 0.253 e. The van der Waals surface area contributed by atoms with Crippen molar-refractivity contribution in [1.29, 1.82) is 0 Å². The molecule has 0 aliphatic carbocycles. The third kappa shape index (κ3) is 4.90. The van der Waals surface area contributed by atoms with E-state index in [0.29, 0.717) is 34.0 Å². The maximum absolute atomic E-state index is 11.8. The molecule has 1 atom stereocenters. The van der Waals surface area contributed by atoms with E-state index in [1.54, 1.807) is 6.07 Å². The van der Waals surface area contributed by atoms with Crippen molar-refractivity contribution in [1.82, 2.24) is 5.32 Å². The standard InChI is InChI=1S/C13H17Cl2NO3S/c14-11-7-10(12(15)20-11)13(17)16-4-2-5-18-8-9-3-1-6-19-9/h7,9H,1-6,8H2,(H,16,17). The summed E-state index contributed by atoms with van der Waals surface area (Å²) in [7, 11) is 0. The Kier molecular flexibility index (Phi) is 6.58. The first-order chi connectivity index (χ1) is 9.66. The van der Waals surface area contributed by atoms with Crippen molar-refractivity contribution in [3.63, 3.8) is 0 Å². The van der Waals surface area contributed by atoms with Gasteiger partial charge in [-0.05, 0) is 25.3 Å². The van der Waals surface area contributed by atoms with Crippen LogP contribution in [-0.2, 0) is 9.47 Å². The zero-order chi connectivity index (χ0) is 14.4. The second-order valence-electron chi connectivity index (χ2n) is 4.56. The molecule has 1 saturated heterocycles. The summed E-state index contributed by atoms with van der Waals surface area (Å²) in [5.41, 5.74) is 0.432. The van der Waals surface area contributed by atoms with Crippen LogP contribution in [0.5, 0.6) is 0 Å². The van der Waals surface area contributed by atoms with Gasteiger partial charge in [0.2, 0.25) is 0 Å². The second kappa shape index (κ2) is 8.20. The van der Waals surface area contributed by atoms with Gasteiger partial charge in [0.05, 0.1) is 22.6 Å². The number of thiophene rings is 1. The molecule has 1 aliphatic heterocycles. The Balaban J connectivity index is 1.56. The van der Waals surface area contributed by atoms with Crippen LogP contribution in [0.25, 0.3) is 0 Å². The number of ether oxygens (including phenoxy) is 2.